The van der Waals surface area contributed by atoms with Crippen LogP contribution in [0, 0.1) is 11.3 Å². The predicted octanol–water partition coefficient (Wildman–Crippen LogP) is 3.73. The number of halogens is 3. The minimum atomic E-state index is -4.67. The monoisotopic (exact) mass is 405 g/mol. The molecule has 0 aromatic heterocycles. The van der Waals surface area contributed by atoms with Crippen LogP contribution in [-0.2, 0) is 11.0 Å². The van der Waals surface area contributed by atoms with Crippen molar-refractivity contribution < 1.29 is 22.8 Å². The fourth-order valence-corrected chi connectivity index (χ4v) is 3.94. The summed E-state index contributed by atoms with van der Waals surface area (Å²) in [6.07, 6.45) is -4.67. The number of alkyl halides is 3. The van der Waals surface area contributed by atoms with Crippen molar-refractivity contribution in [3.8, 4) is 6.07 Å². The van der Waals surface area contributed by atoms with Crippen LogP contribution < -0.4 is 5.32 Å². The minimum Gasteiger partial charge on any atom is -0.324 e. The van der Waals surface area contributed by atoms with Crippen LogP contribution in [0.4, 0.5) is 18.9 Å². The number of carbonyl (C=O) groups is 2. The third-order valence-electron chi connectivity index (χ3n) is 4.19. The second kappa shape index (κ2) is 7.94. The van der Waals surface area contributed by atoms with E-state index in [1.165, 1.54) is 36.0 Å². The van der Waals surface area contributed by atoms with Crippen LogP contribution in [0.15, 0.2) is 48.5 Å². The largest absolute Gasteiger partial charge is 0.417 e. The summed E-state index contributed by atoms with van der Waals surface area (Å²) in [6.45, 7) is 0. The molecule has 0 radical (unpaired) electrons. The molecule has 0 saturated carbocycles. The molecular formula is C19H14F3N3O2S. The van der Waals surface area contributed by atoms with Gasteiger partial charge in [-0.05, 0) is 36.4 Å². The van der Waals surface area contributed by atoms with Gasteiger partial charge in [-0.15, -0.1) is 11.8 Å². The average Bonchev–Trinajstić information content (AvgIpc) is 3.17. The van der Waals surface area contributed by atoms with Crippen LogP contribution in [0.25, 0.3) is 0 Å². The van der Waals surface area contributed by atoms with Gasteiger partial charge in [0, 0.05) is 11.4 Å². The molecule has 0 spiro atoms. The molecule has 28 heavy (non-hydrogen) atoms. The van der Waals surface area contributed by atoms with Crippen molar-refractivity contribution in [2.75, 3.05) is 16.9 Å². The Hall–Kier alpha value is -2.99. The van der Waals surface area contributed by atoms with Crippen LogP contribution in [-0.4, -0.2) is 34.4 Å². The van der Waals surface area contributed by atoms with Gasteiger partial charge in [0.2, 0.25) is 5.91 Å². The zero-order valence-electron chi connectivity index (χ0n) is 14.4. The zero-order chi connectivity index (χ0) is 20.3. The summed E-state index contributed by atoms with van der Waals surface area (Å²) >= 11 is 1.29. The molecule has 1 fully saturated rings. The highest BCUT2D eigenvalue weighted by molar-refractivity contribution is 7.99. The van der Waals surface area contributed by atoms with E-state index >= 15 is 0 Å². The number of carbonyl (C=O) groups excluding carboxylic acids is 2. The van der Waals surface area contributed by atoms with Crippen molar-refractivity contribution in [1.82, 2.24) is 4.90 Å². The summed E-state index contributed by atoms with van der Waals surface area (Å²) in [6, 6.07) is 11.8. The second-order valence-corrected chi connectivity index (χ2v) is 7.01. The normalized spacial score (nSPS) is 16.5. The molecule has 0 bridgehead atoms. The lowest BCUT2D eigenvalue weighted by Gasteiger charge is -2.24. The van der Waals surface area contributed by atoms with Crippen LogP contribution in [0.2, 0.25) is 0 Å². The van der Waals surface area contributed by atoms with Gasteiger partial charge >= 0.3 is 6.18 Å². The van der Waals surface area contributed by atoms with Gasteiger partial charge in [0.25, 0.3) is 5.91 Å². The van der Waals surface area contributed by atoms with Gasteiger partial charge in [0.05, 0.1) is 28.6 Å². The lowest BCUT2D eigenvalue weighted by atomic mass is 10.1. The van der Waals surface area contributed by atoms with E-state index in [9.17, 15) is 22.8 Å². The molecular weight excluding hydrogens is 391 g/mol. The third kappa shape index (κ3) is 4.12. The van der Waals surface area contributed by atoms with Gasteiger partial charge < -0.3 is 10.2 Å². The summed E-state index contributed by atoms with van der Waals surface area (Å²) in [5, 5.41) is 11.4. The Morgan fingerprint density at radius 3 is 2.46 bits per heavy atom. The summed E-state index contributed by atoms with van der Waals surface area (Å²) in [4.78, 5) is 26.5. The first-order chi connectivity index (χ1) is 13.3. The number of hydrogen-bond donors (Lipinski definition) is 1. The molecule has 1 aliphatic rings. The van der Waals surface area contributed by atoms with Crippen molar-refractivity contribution in [2.45, 2.75) is 12.2 Å². The van der Waals surface area contributed by atoms with E-state index < -0.39 is 35.2 Å². The fraction of sp³-hybridized carbons (Fsp3) is 0.211. The molecule has 1 saturated heterocycles. The van der Waals surface area contributed by atoms with Gasteiger partial charge in [-0.3, -0.25) is 9.59 Å². The summed E-state index contributed by atoms with van der Waals surface area (Å²) in [5.74, 6) is -0.927. The van der Waals surface area contributed by atoms with E-state index in [1.807, 2.05) is 6.07 Å². The lowest BCUT2D eigenvalue weighted by molar-refractivity contribution is -0.138. The number of hydrogen-bond acceptors (Lipinski definition) is 4. The molecule has 144 valence electrons. The Morgan fingerprint density at radius 1 is 1.14 bits per heavy atom. The Morgan fingerprint density at radius 2 is 1.82 bits per heavy atom. The first-order valence-electron chi connectivity index (χ1n) is 8.17. The summed E-state index contributed by atoms with van der Waals surface area (Å²) < 4.78 is 39.7. The fourth-order valence-electron chi connectivity index (χ4n) is 2.79. The first kappa shape index (κ1) is 19.8. The molecule has 5 nitrogen and oxygen atoms in total. The SMILES string of the molecule is N#Cc1ccc(NC(=O)C2CSCN2C(=O)c2ccccc2C(F)(F)F)cc1. The predicted molar refractivity (Wildman–Crippen MR) is 98.5 cm³/mol. The van der Waals surface area contributed by atoms with E-state index in [4.69, 9.17) is 5.26 Å². The average molecular weight is 405 g/mol. The standard InChI is InChI=1S/C19H14F3N3O2S/c20-19(21,22)15-4-2-1-3-14(15)18(27)25-11-28-10-16(25)17(26)24-13-7-5-12(9-23)6-8-13/h1-8,16H,10-11H2,(H,24,26). The molecule has 1 N–H and O–H groups in total. The van der Waals surface area contributed by atoms with Crippen molar-refractivity contribution in [3.05, 3.63) is 65.2 Å². The highest BCUT2D eigenvalue weighted by Crippen LogP contribution is 2.34. The van der Waals surface area contributed by atoms with E-state index in [-0.39, 0.29) is 11.6 Å². The van der Waals surface area contributed by atoms with Crippen LogP contribution in [0.5, 0.6) is 0 Å². The molecule has 1 aliphatic heterocycles. The zero-order valence-corrected chi connectivity index (χ0v) is 15.2. The molecule has 9 heteroatoms. The van der Waals surface area contributed by atoms with Crippen LogP contribution in [0.3, 0.4) is 0 Å². The molecule has 3 rings (SSSR count). The van der Waals surface area contributed by atoms with Crippen molar-refractivity contribution >= 4 is 29.3 Å². The van der Waals surface area contributed by atoms with E-state index in [0.29, 0.717) is 11.3 Å². The first-order valence-corrected chi connectivity index (χ1v) is 9.32. The quantitative estimate of drug-likeness (QED) is 0.845. The van der Waals surface area contributed by atoms with Gasteiger partial charge in [-0.25, -0.2) is 0 Å². The highest BCUT2D eigenvalue weighted by atomic mass is 32.2. The van der Waals surface area contributed by atoms with Crippen molar-refractivity contribution in [3.63, 3.8) is 0 Å². The lowest BCUT2D eigenvalue weighted by Crippen LogP contribution is -2.45. The molecule has 0 aliphatic carbocycles. The number of amides is 2. The topological polar surface area (TPSA) is 73.2 Å². The molecule has 1 heterocycles. The van der Waals surface area contributed by atoms with E-state index in [2.05, 4.69) is 5.32 Å². The number of thioether (sulfide) groups is 1. The Balaban J connectivity index is 1.80. The van der Waals surface area contributed by atoms with Gasteiger partial charge in [0.15, 0.2) is 0 Å². The minimum absolute atomic E-state index is 0.122. The summed E-state index contributed by atoms with van der Waals surface area (Å²) in [7, 11) is 0. The molecule has 2 aromatic rings. The molecule has 1 atom stereocenters. The Bertz CT molecular complexity index is 939. The highest BCUT2D eigenvalue weighted by Gasteiger charge is 2.40. The van der Waals surface area contributed by atoms with Gasteiger partial charge in [0.1, 0.15) is 6.04 Å². The van der Waals surface area contributed by atoms with E-state index in [0.717, 1.165) is 17.0 Å². The number of anilines is 1. The number of benzene rings is 2. The third-order valence-corrected chi connectivity index (χ3v) is 5.20. The van der Waals surface area contributed by atoms with Crippen LogP contribution in [0.1, 0.15) is 21.5 Å². The Kier molecular flexibility index (Phi) is 5.61. The maximum atomic E-state index is 13.2. The van der Waals surface area contributed by atoms with Crippen LogP contribution >= 0.6 is 11.8 Å². The molecule has 2 amide bonds. The van der Waals surface area contributed by atoms with Crippen molar-refractivity contribution in [1.29, 1.82) is 5.26 Å². The summed E-state index contributed by atoms with van der Waals surface area (Å²) in [5.41, 5.74) is -0.643. The van der Waals surface area contributed by atoms with E-state index in [1.54, 1.807) is 12.1 Å². The number of nitriles is 1. The Labute approximate surface area is 163 Å². The number of rotatable bonds is 3. The smallest absolute Gasteiger partial charge is 0.324 e. The van der Waals surface area contributed by atoms with Crippen molar-refractivity contribution in [2.24, 2.45) is 0 Å². The number of nitrogens with one attached hydrogen (secondary N) is 1. The molecule has 2 aromatic carbocycles. The number of nitrogens with zero attached hydrogens (tertiary/aromatic N) is 2. The van der Waals surface area contributed by atoms with Gasteiger partial charge in [-0.1, -0.05) is 12.1 Å². The van der Waals surface area contributed by atoms with Gasteiger partial charge in [-0.2, -0.15) is 18.4 Å². The maximum Gasteiger partial charge on any atom is 0.417 e. The molecule has 1 unspecified atom stereocenters. The maximum absolute atomic E-state index is 13.2. The second-order valence-electron chi connectivity index (χ2n) is 6.01.